The Bertz CT molecular complexity index is 764. The van der Waals surface area contributed by atoms with Crippen LogP contribution in [0.25, 0.3) is 0 Å². The van der Waals surface area contributed by atoms with Gasteiger partial charge in [0.25, 0.3) is 0 Å². The van der Waals surface area contributed by atoms with Crippen LogP contribution in [0.5, 0.6) is 0 Å². The highest BCUT2D eigenvalue weighted by atomic mass is 32.2. The highest BCUT2D eigenvalue weighted by Crippen LogP contribution is 2.16. The molecule has 1 N–H and O–H groups in total. The minimum atomic E-state index is -0.479. The predicted octanol–water partition coefficient (Wildman–Crippen LogP) is 3.86. The second-order valence-electron chi connectivity index (χ2n) is 5.61. The number of carbonyl (C=O) groups excluding carboxylic acids is 2. The Morgan fingerprint density at radius 3 is 2.60 bits per heavy atom. The maximum absolute atomic E-state index is 13.4. The lowest BCUT2D eigenvalue weighted by Gasteiger charge is -2.09. The van der Waals surface area contributed by atoms with Crippen LogP contribution >= 0.6 is 11.8 Å². The van der Waals surface area contributed by atoms with Gasteiger partial charge >= 0.3 is 5.97 Å². The van der Waals surface area contributed by atoms with Crippen molar-refractivity contribution >= 4 is 29.3 Å². The summed E-state index contributed by atoms with van der Waals surface area (Å²) in [5.74, 6) is -0.890. The van der Waals surface area contributed by atoms with E-state index in [4.69, 9.17) is 4.74 Å². The van der Waals surface area contributed by atoms with Gasteiger partial charge in [0.2, 0.25) is 5.91 Å². The van der Waals surface area contributed by atoms with Crippen LogP contribution in [0.4, 0.5) is 10.1 Å². The van der Waals surface area contributed by atoms with Crippen molar-refractivity contribution in [2.24, 2.45) is 0 Å². The summed E-state index contributed by atoms with van der Waals surface area (Å²) in [5.41, 5.74) is 3.21. The van der Waals surface area contributed by atoms with Crippen molar-refractivity contribution in [3.63, 3.8) is 0 Å². The van der Waals surface area contributed by atoms with Gasteiger partial charge in [-0.2, -0.15) is 0 Å². The lowest BCUT2D eigenvalue weighted by molar-refractivity contribution is -0.141. The van der Waals surface area contributed by atoms with Crippen molar-refractivity contribution in [1.29, 1.82) is 0 Å². The van der Waals surface area contributed by atoms with Gasteiger partial charge in [0.15, 0.2) is 0 Å². The van der Waals surface area contributed by atoms with Crippen LogP contribution in [0, 0.1) is 19.7 Å². The van der Waals surface area contributed by atoms with Crippen molar-refractivity contribution in [2.75, 3.05) is 16.8 Å². The molecule has 0 heterocycles. The summed E-state index contributed by atoms with van der Waals surface area (Å²) in [6.45, 7) is 3.80. The van der Waals surface area contributed by atoms with Crippen molar-refractivity contribution in [3.8, 4) is 0 Å². The molecule has 2 aromatic rings. The van der Waals surface area contributed by atoms with E-state index in [1.807, 2.05) is 32.0 Å². The van der Waals surface area contributed by atoms with E-state index in [2.05, 4.69) is 5.32 Å². The maximum Gasteiger partial charge on any atom is 0.316 e. The van der Waals surface area contributed by atoms with Crippen molar-refractivity contribution < 1.29 is 18.7 Å². The number of anilines is 1. The number of carbonyl (C=O) groups is 2. The van der Waals surface area contributed by atoms with Gasteiger partial charge in [-0.3, -0.25) is 9.59 Å². The molecule has 2 rings (SSSR count). The van der Waals surface area contributed by atoms with Gasteiger partial charge in [0, 0.05) is 11.3 Å². The van der Waals surface area contributed by atoms with E-state index in [0.29, 0.717) is 5.56 Å². The highest BCUT2D eigenvalue weighted by Gasteiger charge is 2.09. The lowest BCUT2D eigenvalue weighted by atomic mass is 10.1. The third-order valence-electron chi connectivity index (χ3n) is 3.46. The number of ether oxygens (including phenoxy) is 1. The first-order valence-electron chi connectivity index (χ1n) is 7.79. The second-order valence-corrected chi connectivity index (χ2v) is 6.60. The fourth-order valence-electron chi connectivity index (χ4n) is 2.18. The van der Waals surface area contributed by atoms with Crippen LogP contribution in [0.3, 0.4) is 0 Å². The van der Waals surface area contributed by atoms with Gasteiger partial charge in [-0.05, 0) is 31.5 Å². The molecule has 0 radical (unpaired) electrons. The SMILES string of the molecule is Cc1ccc(NC(=O)CSCC(=O)OCc2ccccc2F)c(C)c1. The summed E-state index contributed by atoms with van der Waals surface area (Å²) in [6.07, 6.45) is 0. The average Bonchev–Trinajstić information content (AvgIpc) is 2.57. The number of halogens is 1. The molecular weight excluding hydrogens is 341 g/mol. The van der Waals surface area contributed by atoms with Gasteiger partial charge in [-0.25, -0.2) is 4.39 Å². The molecule has 6 heteroatoms. The van der Waals surface area contributed by atoms with E-state index in [1.54, 1.807) is 18.2 Å². The van der Waals surface area contributed by atoms with Crippen molar-refractivity contribution in [2.45, 2.75) is 20.5 Å². The lowest BCUT2D eigenvalue weighted by Crippen LogP contribution is -2.17. The quantitative estimate of drug-likeness (QED) is 0.761. The highest BCUT2D eigenvalue weighted by molar-refractivity contribution is 8.00. The molecule has 0 atom stereocenters. The molecule has 4 nitrogen and oxygen atoms in total. The maximum atomic E-state index is 13.4. The normalized spacial score (nSPS) is 10.4. The summed E-state index contributed by atoms with van der Waals surface area (Å²) in [7, 11) is 0. The Morgan fingerprint density at radius 2 is 1.88 bits per heavy atom. The number of hydrogen-bond acceptors (Lipinski definition) is 4. The molecule has 2 aromatic carbocycles. The molecule has 0 aliphatic heterocycles. The number of rotatable bonds is 7. The van der Waals surface area contributed by atoms with E-state index in [0.717, 1.165) is 28.6 Å². The monoisotopic (exact) mass is 361 g/mol. The molecule has 0 bridgehead atoms. The van der Waals surface area contributed by atoms with E-state index in [9.17, 15) is 14.0 Å². The Labute approximate surface area is 150 Å². The van der Waals surface area contributed by atoms with Crippen LogP contribution in [-0.2, 0) is 20.9 Å². The van der Waals surface area contributed by atoms with Gasteiger partial charge in [-0.15, -0.1) is 11.8 Å². The number of thioether (sulfide) groups is 1. The first-order valence-corrected chi connectivity index (χ1v) is 8.95. The second kappa shape index (κ2) is 9.22. The Morgan fingerprint density at radius 1 is 1.12 bits per heavy atom. The summed E-state index contributed by atoms with van der Waals surface area (Å²) >= 11 is 1.16. The molecule has 0 aromatic heterocycles. The molecule has 1 amide bonds. The number of amides is 1. The Kier molecular flexibility index (Phi) is 7.01. The molecule has 0 unspecified atom stereocenters. The number of esters is 1. The smallest absolute Gasteiger partial charge is 0.316 e. The zero-order valence-corrected chi connectivity index (χ0v) is 15.0. The summed E-state index contributed by atoms with van der Waals surface area (Å²) < 4.78 is 18.4. The van der Waals surface area contributed by atoms with E-state index in [1.165, 1.54) is 6.07 Å². The first-order chi connectivity index (χ1) is 12.0. The molecule has 0 fully saturated rings. The Balaban J connectivity index is 1.70. The van der Waals surface area contributed by atoms with Crippen LogP contribution in [0.15, 0.2) is 42.5 Å². The molecule has 0 aliphatic carbocycles. The van der Waals surface area contributed by atoms with Gasteiger partial charge in [0.1, 0.15) is 12.4 Å². The molecule has 25 heavy (non-hydrogen) atoms. The molecular formula is C19H20FNO3S. The third-order valence-corrected chi connectivity index (χ3v) is 4.36. The average molecular weight is 361 g/mol. The van der Waals surface area contributed by atoms with E-state index < -0.39 is 11.8 Å². The van der Waals surface area contributed by atoms with Gasteiger partial charge in [0.05, 0.1) is 11.5 Å². The summed E-state index contributed by atoms with van der Waals surface area (Å²) in [5, 5.41) is 2.81. The van der Waals surface area contributed by atoms with Crippen molar-refractivity contribution in [3.05, 3.63) is 65.0 Å². The third kappa shape index (κ3) is 6.23. The molecule has 132 valence electrons. The minimum Gasteiger partial charge on any atom is -0.460 e. The zero-order chi connectivity index (χ0) is 18.2. The summed E-state index contributed by atoms with van der Waals surface area (Å²) in [6, 6.07) is 11.9. The van der Waals surface area contributed by atoms with Crippen molar-refractivity contribution in [1.82, 2.24) is 0 Å². The standard InChI is InChI=1S/C19H20FNO3S/c1-13-7-8-17(14(2)9-13)21-18(22)11-25-12-19(23)24-10-15-5-3-4-6-16(15)20/h3-9H,10-12H2,1-2H3,(H,21,22). The predicted molar refractivity (Wildman–Crippen MR) is 98.1 cm³/mol. The Hall–Kier alpha value is -2.34. The van der Waals surface area contributed by atoms with Gasteiger partial charge < -0.3 is 10.1 Å². The van der Waals surface area contributed by atoms with Gasteiger partial charge in [-0.1, -0.05) is 35.9 Å². The topological polar surface area (TPSA) is 55.4 Å². The van der Waals surface area contributed by atoms with Crippen LogP contribution in [0.1, 0.15) is 16.7 Å². The van der Waals surface area contributed by atoms with E-state index >= 15 is 0 Å². The molecule has 0 saturated carbocycles. The number of hydrogen-bond donors (Lipinski definition) is 1. The van der Waals surface area contributed by atoms with E-state index in [-0.39, 0.29) is 24.0 Å². The fourth-order valence-corrected chi connectivity index (χ4v) is 2.79. The number of aryl methyl sites for hydroxylation is 2. The fraction of sp³-hybridized carbons (Fsp3) is 0.263. The van der Waals surface area contributed by atoms with Crippen LogP contribution in [-0.4, -0.2) is 23.4 Å². The number of nitrogens with one attached hydrogen (secondary N) is 1. The molecule has 0 aliphatic rings. The molecule has 0 saturated heterocycles. The molecule has 0 spiro atoms. The minimum absolute atomic E-state index is 0.0365. The largest absolute Gasteiger partial charge is 0.460 e. The zero-order valence-electron chi connectivity index (χ0n) is 14.2. The first kappa shape index (κ1) is 19.0. The van der Waals surface area contributed by atoms with Crippen LogP contribution in [0.2, 0.25) is 0 Å². The summed E-state index contributed by atoms with van der Waals surface area (Å²) in [4.78, 5) is 23.6. The van der Waals surface area contributed by atoms with Crippen LogP contribution < -0.4 is 5.32 Å². The number of benzene rings is 2.